The van der Waals surface area contributed by atoms with Gasteiger partial charge < -0.3 is 30.3 Å². The van der Waals surface area contributed by atoms with Crippen LogP contribution in [0.25, 0.3) is 0 Å². The van der Waals surface area contributed by atoms with Crippen LogP contribution in [0.5, 0.6) is 0 Å². The summed E-state index contributed by atoms with van der Waals surface area (Å²) in [6.45, 7) is 0. The molecule has 0 radical (unpaired) electrons. The summed E-state index contributed by atoms with van der Waals surface area (Å²) in [7, 11) is 0. The van der Waals surface area contributed by atoms with Gasteiger partial charge in [-0.25, -0.2) is 0 Å². The largest absolute Gasteiger partial charge is 4.00 e. The van der Waals surface area contributed by atoms with Gasteiger partial charge in [-0.3, -0.25) is 0 Å². The second-order valence-corrected chi connectivity index (χ2v) is 0.575. The van der Waals surface area contributed by atoms with Crippen molar-refractivity contribution in [3.8, 4) is 0 Å². The van der Waals surface area contributed by atoms with Gasteiger partial charge in [0.2, 0.25) is 0 Å². The third-order valence-corrected chi connectivity index (χ3v) is 0.167. The molecule has 0 rings (SSSR count). The summed E-state index contributed by atoms with van der Waals surface area (Å²) in [5, 5.41) is 30.9. The maximum absolute atomic E-state index is 8.93. The third kappa shape index (κ3) is 22.9. The number of carbonyl (C=O) groups is 2. The summed E-state index contributed by atoms with van der Waals surface area (Å²) < 4.78 is 0. The first kappa shape index (κ1) is 22.5. The zero-order chi connectivity index (χ0) is 7.15. The molecule has 0 heterocycles. The van der Waals surface area contributed by atoms with E-state index in [2.05, 4.69) is 0 Å². The van der Waals surface area contributed by atoms with Gasteiger partial charge >= 0.3 is 73.1 Å². The van der Waals surface area contributed by atoms with E-state index in [-0.39, 0.29) is 73.1 Å². The Morgan fingerprint density at radius 3 is 1.10 bits per heavy atom. The molecular formula is C2HKO6Ti+2. The van der Waals surface area contributed by atoms with Gasteiger partial charge in [0.1, 0.15) is 0 Å². The fourth-order valence-electron chi connectivity index (χ4n) is 0. The number of carboxylic acid groups (broad SMARTS) is 2. The Bertz CT molecular complexity index is 81.7. The molecular weight excluding hydrogens is 207 g/mol. The minimum absolute atomic E-state index is 0. The molecule has 0 saturated heterocycles. The van der Waals surface area contributed by atoms with E-state index in [0.717, 1.165) is 0 Å². The predicted octanol–water partition coefficient (Wildman–Crippen LogP) is -7.69. The minimum Gasteiger partial charge on any atom is -0.727 e. The molecule has 48 valence electrons. The second-order valence-electron chi connectivity index (χ2n) is 0.575. The van der Waals surface area contributed by atoms with Crippen molar-refractivity contribution < 1.29 is 103 Å². The Morgan fingerprint density at radius 2 is 1.10 bits per heavy atom. The van der Waals surface area contributed by atoms with Gasteiger partial charge in [0.15, 0.2) is 0 Å². The van der Waals surface area contributed by atoms with Crippen molar-refractivity contribution in [3.63, 3.8) is 0 Å². The van der Waals surface area contributed by atoms with Crippen LogP contribution in [0.3, 0.4) is 0 Å². The average molecular weight is 208 g/mol. The fourth-order valence-corrected chi connectivity index (χ4v) is 0. The molecule has 10 heavy (non-hydrogen) atoms. The molecule has 0 amide bonds. The molecule has 0 saturated carbocycles. The number of aliphatic carboxylic acids is 2. The van der Waals surface area contributed by atoms with Gasteiger partial charge in [0.05, 0.1) is 11.9 Å². The zero-order valence-electron chi connectivity index (χ0n) is 4.99. The third-order valence-electron chi connectivity index (χ3n) is 0.167. The average Bonchev–Trinajstić information content (AvgIpc) is 1.72. The van der Waals surface area contributed by atoms with E-state index in [1.54, 1.807) is 0 Å². The smallest absolute Gasteiger partial charge is 0.727 e. The fraction of sp³-hybridized carbons (Fsp3) is 0. The Hall–Kier alpha value is 1.21. The van der Waals surface area contributed by atoms with E-state index >= 15 is 0 Å². The standard InChI is InChI=1S/C2H2O4.K.H2O2.Ti/c3-1(4)2(5)6;;1-2;/h(H,3,4)(H,5,6);;1-2H;/q;+1;;+4/p-3. The Morgan fingerprint density at radius 1 is 1.00 bits per heavy atom. The van der Waals surface area contributed by atoms with Crippen LogP contribution >= 0.6 is 0 Å². The normalized spacial score (nSPS) is 5.00. The van der Waals surface area contributed by atoms with Crippen LogP contribution in [0.4, 0.5) is 0 Å². The van der Waals surface area contributed by atoms with Crippen molar-refractivity contribution >= 4 is 11.9 Å². The molecule has 0 spiro atoms. The van der Waals surface area contributed by atoms with Gasteiger partial charge in [-0.1, -0.05) is 0 Å². The maximum Gasteiger partial charge on any atom is 4.00 e. The van der Waals surface area contributed by atoms with Crippen molar-refractivity contribution in [1.29, 1.82) is 0 Å². The molecule has 0 unspecified atom stereocenters. The van der Waals surface area contributed by atoms with Gasteiger partial charge in [-0.2, -0.15) is 0 Å². The summed E-state index contributed by atoms with van der Waals surface area (Å²) in [6.07, 6.45) is 0. The molecule has 0 aliphatic rings. The van der Waals surface area contributed by atoms with Crippen LogP contribution in [0.15, 0.2) is 0 Å². The second kappa shape index (κ2) is 16.7. The van der Waals surface area contributed by atoms with Gasteiger partial charge in [0.25, 0.3) is 0 Å². The van der Waals surface area contributed by atoms with E-state index in [1.165, 1.54) is 0 Å². The molecule has 0 aromatic carbocycles. The van der Waals surface area contributed by atoms with Gasteiger partial charge in [-0.15, -0.1) is 0 Å². The topological polar surface area (TPSA) is 124 Å². The van der Waals surface area contributed by atoms with E-state index in [9.17, 15) is 0 Å². The van der Waals surface area contributed by atoms with E-state index in [4.69, 9.17) is 30.3 Å². The van der Waals surface area contributed by atoms with Crippen LogP contribution in [0, 0.1) is 0 Å². The number of rotatable bonds is 0. The quantitative estimate of drug-likeness (QED) is 0.182. The molecule has 0 aromatic rings. The van der Waals surface area contributed by atoms with E-state index < -0.39 is 11.9 Å². The SMILES string of the molecule is O=C([O-])C(=O)[O-].[K+].[O-]O.[Ti+4]. The minimum atomic E-state index is -2.19. The van der Waals surface area contributed by atoms with Gasteiger partial charge in [0, 0.05) is 0 Å². The van der Waals surface area contributed by atoms with Crippen molar-refractivity contribution in [2.45, 2.75) is 0 Å². The van der Waals surface area contributed by atoms with Gasteiger partial charge in [-0.05, 0) is 0 Å². The van der Waals surface area contributed by atoms with Crippen molar-refractivity contribution in [1.82, 2.24) is 0 Å². The summed E-state index contributed by atoms with van der Waals surface area (Å²) >= 11 is 0. The Balaban J connectivity index is -0.0000000412. The molecule has 0 aliphatic carbocycles. The zero-order valence-corrected chi connectivity index (χ0v) is 9.67. The summed E-state index contributed by atoms with van der Waals surface area (Å²) in [5.74, 6) is -4.37. The molecule has 0 atom stereocenters. The molecule has 0 bridgehead atoms. The molecule has 0 fully saturated rings. The first-order valence-corrected chi connectivity index (χ1v) is 1.25. The first-order chi connectivity index (χ1) is 3.64. The van der Waals surface area contributed by atoms with Crippen LogP contribution in [-0.2, 0) is 31.3 Å². The monoisotopic (exact) mass is 208 g/mol. The van der Waals surface area contributed by atoms with Crippen molar-refractivity contribution in [2.24, 2.45) is 0 Å². The van der Waals surface area contributed by atoms with Crippen LogP contribution in [-0.4, -0.2) is 17.2 Å². The van der Waals surface area contributed by atoms with Crippen LogP contribution < -0.4 is 66.9 Å². The van der Waals surface area contributed by atoms with Crippen LogP contribution in [0.2, 0.25) is 0 Å². The summed E-state index contributed by atoms with van der Waals surface area (Å²) in [6, 6.07) is 0. The maximum atomic E-state index is 8.93. The molecule has 0 aliphatic heterocycles. The summed E-state index contributed by atoms with van der Waals surface area (Å²) in [4.78, 5) is 17.9. The van der Waals surface area contributed by atoms with E-state index in [0.29, 0.717) is 0 Å². The van der Waals surface area contributed by atoms with Crippen molar-refractivity contribution in [2.75, 3.05) is 0 Å². The number of hydrogen-bond donors (Lipinski definition) is 1. The first-order valence-electron chi connectivity index (χ1n) is 1.25. The van der Waals surface area contributed by atoms with Crippen molar-refractivity contribution in [3.05, 3.63) is 0 Å². The Labute approximate surface area is 113 Å². The molecule has 8 heteroatoms. The molecule has 1 N–H and O–H groups in total. The summed E-state index contributed by atoms with van der Waals surface area (Å²) in [5.41, 5.74) is 0. The Kier molecular flexibility index (Phi) is 37.5. The predicted molar refractivity (Wildman–Crippen MR) is 12.6 cm³/mol. The number of carboxylic acids is 2. The molecule has 6 nitrogen and oxygen atoms in total. The molecule has 0 aromatic heterocycles. The van der Waals surface area contributed by atoms with E-state index in [1.807, 2.05) is 0 Å². The number of hydrogen-bond acceptors (Lipinski definition) is 6. The number of carbonyl (C=O) groups excluding carboxylic acids is 2. The van der Waals surface area contributed by atoms with Crippen LogP contribution in [0.1, 0.15) is 0 Å².